The predicted octanol–water partition coefficient (Wildman–Crippen LogP) is 1.32. The fourth-order valence-electron chi connectivity index (χ4n) is 1.90. The Balaban J connectivity index is 2.10. The molecule has 0 atom stereocenters. The van der Waals surface area contributed by atoms with E-state index in [0.29, 0.717) is 25.6 Å². The molecule has 0 saturated carbocycles. The maximum absolute atomic E-state index is 12.2. The number of hydrogen-bond donors (Lipinski definition) is 1. The van der Waals surface area contributed by atoms with Gasteiger partial charge in [0.2, 0.25) is 0 Å². The van der Waals surface area contributed by atoms with E-state index in [1.807, 2.05) is 0 Å². The molecule has 0 aromatic heterocycles. The van der Waals surface area contributed by atoms with E-state index in [9.17, 15) is 13.6 Å². The topological polar surface area (TPSA) is 55.6 Å². The van der Waals surface area contributed by atoms with Crippen LogP contribution in [-0.4, -0.2) is 37.1 Å². The zero-order valence-corrected chi connectivity index (χ0v) is 9.68. The molecule has 2 N–H and O–H groups in total. The number of ether oxygens (including phenoxy) is 1. The Labute approximate surface area is 103 Å². The van der Waals surface area contributed by atoms with E-state index in [4.69, 9.17) is 5.73 Å². The number of amides is 1. The van der Waals surface area contributed by atoms with Gasteiger partial charge in [-0.2, -0.15) is 8.78 Å². The van der Waals surface area contributed by atoms with Crippen molar-refractivity contribution in [2.45, 2.75) is 6.61 Å². The van der Waals surface area contributed by atoms with Gasteiger partial charge < -0.3 is 15.4 Å². The lowest BCUT2D eigenvalue weighted by molar-refractivity contribution is -0.0504. The summed E-state index contributed by atoms with van der Waals surface area (Å²) in [6.45, 7) is -1.28. The highest BCUT2D eigenvalue weighted by molar-refractivity contribution is 5.97. The van der Waals surface area contributed by atoms with E-state index in [-0.39, 0.29) is 17.2 Å². The third-order valence-electron chi connectivity index (χ3n) is 2.91. The molecule has 0 unspecified atom stereocenters. The second-order valence-corrected chi connectivity index (χ2v) is 4.19. The van der Waals surface area contributed by atoms with Crippen LogP contribution in [0.3, 0.4) is 0 Å². The van der Waals surface area contributed by atoms with Crippen molar-refractivity contribution in [3.05, 3.63) is 29.8 Å². The lowest BCUT2D eigenvalue weighted by Gasteiger charge is -2.38. The van der Waals surface area contributed by atoms with Gasteiger partial charge in [0, 0.05) is 19.0 Å². The van der Waals surface area contributed by atoms with E-state index in [2.05, 4.69) is 4.74 Å². The Morgan fingerprint density at radius 1 is 1.44 bits per heavy atom. The zero-order valence-electron chi connectivity index (χ0n) is 9.68. The molecule has 1 aromatic carbocycles. The number of halogens is 2. The highest BCUT2D eigenvalue weighted by atomic mass is 19.3. The smallest absolute Gasteiger partial charge is 0.387 e. The van der Waals surface area contributed by atoms with Crippen molar-refractivity contribution >= 4 is 5.91 Å². The van der Waals surface area contributed by atoms with Crippen molar-refractivity contribution in [3.8, 4) is 5.75 Å². The monoisotopic (exact) mass is 256 g/mol. The van der Waals surface area contributed by atoms with Gasteiger partial charge in [-0.05, 0) is 18.7 Å². The minimum Gasteiger partial charge on any atom is -0.434 e. The van der Waals surface area contributed by atoms with Gasteiger partial charge in [-0.3, -0.25) is 4.79 Å². The molecule has 1 amide bonds. The number of alkyl halides is 2. The van der Waals surface area contributed by atoms with Crippen molar-refractivity contribution in [1.29, 1.82) is 0 Å². The summed E-state index contributed by atoms with van der Waals surface area (Å²) in [6.07, 6.45) is 0. The fraction of sp³-hybridized carbons (Fsp3) is 0.417. The molecule has 0 bridgehead atoms. The molecule has 1 saturated heterocycles. The Hall–Kier alpha value is -1.69. The standard InChI is InChI=1S/C12H14F2N2O2/c13-12(14)18-10-4-2-1-3-9(10)11(17)16-6-8(5-15)7-16/h1-4,8,12H,5-7,15H2. The van der Waals surface area contributed by atoms with Crippen LogP contribution in [0.2, 0.25) is 0 Å². The molecule has 1 aliphatic rings. The fourth-order valence-corrected chi connectivity index (χ4v) is 1.90. The van der Waals surface area contributed by atoms with Crippen molar-refractivity contribution in [2.75, 3.05) is 19.6 Å². The van der Waals surface area contributed by atoms with Crippen molar-refractivity contribution in [2.24, 2.45) is 11.7 Å². The van der Waals surface area contributed by atoms with Gasteiger partial charge in [0.15, 0.2) is 0 Å². The molecule has 0 spiro atoms. The van der Waals surface area contributed by atoms with Crippen molar-refractivity contribution in [1.82, 2.24) is 4.90 Å². The molecule has 1 heterocycles. The Morgan fingerprint density at radius 2 is 2.11 bits per heavy atom. The maximum atomic E-state index is 12.2. The summed E-state index contributed by atoms with van der Waals surface area (Å²) in [4.78, 5) is 13.6. The number of nitrogens with zero attached hydrogens (tertiary/aromatic N) is 1. The van der Waals surface area contributed by atoms with Crippen LogP contribution >= 0.6 is 0 Å². The van der Waals surface area contributed by atoms with Crippen molar-refractivity contribution < 1.29 is 18.3 Å². The molecule has 6 heteroatoms. The number of para-hydroxylation sites is 1. The van der Waals surface area contributed by atoms with Crippen LogP contribution in [0.4, 0.5) is 8.78 Å². The highest BCUT2D eigenvalue weighted by Gasteiger charge is 2.31. The Morgan fingerprint density at radius 3 is 2.72 bits per heavy atom. The number of hydrogen-bond acceptors (Lipinski definition) is 3. The first-order chi connectivity index (χ1) is 8.61. The van der Waals surface area contributed by atoms with E-state index in [0.717, 1.165) is 0 Å². The van der Waals surface area contributed by atoms with Crippen LogP contribution in [0.5, 0.6) is 5.75 Å². The van der Waals surface area contributed by atoms with Crippen LogP contribution < -0.4 is 10.5 Å². The van der Waals surface area contributed by atoms with Gasteiger partial charge in [-0.15, -0.1) is 0 Å². The Kier molecular flexibility index (Phi) is 3.76. The minimum absolute atomic E-state index is 0.0892. The summed E-state index contributed by atoms with van der Waals surface area (Å²) < 4.78 is 28.8. The molecule has 0 radical (unpaired) electrons. The summed E-state index contributed by atoms with van der Waals surface area (Å²) >= 11 is 0. The largest absolute Gasteiger partial charge is 0.434 e. The average molecular weight is 256 g/mol. The normalized spacial score (nSPS) is 15.7. The molecule has 2 rings (SSSR count). The third kappa shape index (κ3) is 2.59. The zero-order chi connectivity index (χ0) is 13.1. The average Bonchev–Trinajstić information content (AvgIpc) is 2.27. The van der Waals surface area contributed by atoms with Gasteiger partial charge in [0.1, 0.15) is 5.75 Å². The van der Waals surface area contributed by atoms with Crippen molar-refractivity contribution in [3.63, 3.8) is 0 Å². The lowest BCUT2D eigenvalue weighted by Crippen LogP contribution is -2.52. The number of nitrogens with two attached hydrogens (primary N) is 1. The van der Waals surface area contributed by atoms with Crippen LogP contribution in [0, 0.1) is 5.92 Å². The van der Waals surface area contributed by atoms with E-state index in [1.54, 1.807) is 17.0 Å². The van der Waals surface area contributed by atoms with Gasteiger partial charge in [-0.1, -0.05) is 12.1 Å². The molecule has 98 valence electrons. The highest BCUT2D eigenvalue weighted by Crippen LogP contribution is 2.25. The van der Waals surface area contributed by atoms with Crippen LogP contribution in [0.25, 0.3) is 0 Å². The first-order valence-corrected chi connectivity index (χ1v) is 5.65. The number of benzene rings is 1. The van der Waals surface area contributed by atoms with Crippen LogP contribution in [0.15, 0.2) is 24.3 Å². The molecular formula is C12H14F2N2O2. The van der Waals surface area contributed by atoms with Gasteiger partial charge in [0.05, 0.1) is 5.56 Å². The van der Waals surface area contributed by atoms with Gasteiger partial charge in [0.25, 0.3) is 5.91 Å². The first kappa shape index (κ1) is 12.8. The molecular weight excluding hydrogens is 242 g/mol. The molecule has 4 nitrogen and oxygen atoms in total. The molecule has 1 fully saturated rings. The van der Waals surface area contributed by atoms with Gasteiger partial charge in [-0.25, -0.2) is 0 Å². The number of carbonyl (C=O) groups is 1. The van der Waals surface area contributed by atoms with E-state index in [1.165, 1.54) is 12.1 Å². The van der Waals surface area contributed by atoms with Gasteiger partial charge >= 0.3 is 6.61 Å². The number of carbonyl (C=O) groups excluding carboxylic acids is 1. The third-order valence-corrected chi connectivity index (χ3v) is 2.91. The Bertz CT molecular complexity index is 434. The molecule has 0 aliphatic carbocycles. The molecule has 18 heavy (non-hydrogen) atoms. The minimum atomic E-state index is -2.94. The summed E-state index contributed by atoms with van der Waals surface area (Å²) in [5, 5.41) is 0. The SMILES string of the molecule is NCC1CN(C(=O)c2ccccc2OC(F)F)C1. The maximum Gasteiger partial charge on any atom is 0.387 e. The number of likely N-dealkylation sites (tertiary alicyclic amines) is 1. The summed E-state index contributed by atoms with van der Waals surface area (Å²) in [5.74, 6) is -0.0817. The summed E-state index contributed by atoms with van der Waals surface area (Å²) in [5.41, 5.74) is 5.63. The summed E-state index contributed by atoms with van der Waals surface area (Å²) in [6, 6.07) is 6.01. The lowest BCUT2D eigenvalue weighted by atomic mass is 9.99. The first-order valence-electron chi connectivity index (χ1n) is 5.65. The van der Waals surface area contributed by atoms with E-state index >= 15 is 0 Å². The predicted molar refractivity (Wildman–Crippen MR) is 61.5 cm³/mol. The second kappa shape index (κ2) is 5.30. The van der Waals surface area contributed by atoms with Crippen LogP contribution in [0.1, 0.15) is 10.4 Å². The molecule has 1 aliphatic heterocycles. The quantitative estimate of drug-likeness (QED) is 0.884. The molecule has 1 aromatic rings. The second-order valence-electron chi connectivity index (χ2n) is 4.19. The van der Waals surface area contributed by atoms with Crippen LogP contribution in [-0.2, 0) is 0 Å². The summed E-state index contributed by atoms with van der Waals surface area (Å²) in [7, 11) is 0. The number of rotatable bonds is 4. The van der Waals surface area contributed by atoms with E-state index < -0.39 is 6.61 Å².